The van der Waals surface area contributed by atoms with E-state index in [0.29, 0.717) is 25.2 Å². The minimum atomic E-state index is -0.157. The number of hydrogen-bond acceptors (Lipinski definition) is 2. The molecule has 2 aromatic rings. The molecule has 1 aromatic heterocycles. The minimum Gasteiger partial charge on any atom is -0.342 e. The molecule has 0 aliphatic rings. The summed E-state index contributed by atoms with van der Waals surface area (Å²) in [6.45, 7) is 1.39. The largest absolute Gasteiger partial charge is 0.342 e. The summed E-state index contributed by atoms with van der Waals surface area (Å²) in [6, 6.07) is 10.8. The Kier molecular flexibility index (Phi) is 4.32. The van der Waals surface area contributed by atoms with Crippen molar-refractivity contribution in [1.82, 2.24) is 9.88 Å². The van der Waals surface area contributed by atoms with Crippen molar-refractivity contribution in [1.29, 1.82) is 5.26 Å². The second-order valence-electron chi connectivity index (χ2n) is 4.47. The smallest absolute Gasteiger partial charge is 0.126 e. The number of aromatic nitrogens is 1. The van der Waals surface area contributed by atoms with Crippen molar-refractivity contribution >= 4 is 0 Å². The van der Waals surface area contributed by atoms with Gasteiger partial charge >= 0.3 is 0 Å². The monoisotopic (exact) mass is 257 g/mol. The number of rotatable bonds is 5. The molecule has 0 atom stereocenters. The first-order valence-electron chi connectivity index (χ1n) is 6.20. The summed E-state index contributed by atoms with van der Waals surface area (Å²) in [5.74, 6) is -0.157. The Morgan fingerprint density at radius 3 is 2.84 bits per heavy atom. The Hall–Kier alpha value is -2.12. The van der Waals surface area contributed by atoms with Gasteiger partial charge in [0.05, 0.1) is 0 Å². The third-order valence-electron chi connectivity index (χ3n) is 3.03. The van der Waals surface area contributed by atoms with E-state index in [1.165, 1.54) is 6.07 Å². The summed E-state index contributed by atoms with van der Waals surface area (Å²) in [5.41, 5.74) is 2.43. The van der Waals surface area contributed by atoms with Gasteiger partial charge in [0.25, 0.3) is 0 Å². The van der Waals surface area contributed by atoms with Crippen LogP contribution in [0.4, 0.5) is 4.39 Å². The predicted octanol–water partition coefficient (Wildman–Crippen LogP) is 2.37. The second kappa shape index (κ2) is 6.17. The van der Waals surface area contributed by atoms with Gasteiger partial charge in [0.15, 0.2) is 0 Å². The average Bonchev–Trinajstić information content (AvgIpc) is 2.77. The van der Waals surface area contributed by atoms with Crippen molar-refractivity contribution in [3.05, 3.63) is 59.2 Å². The van der Waals surface area contributed by atoms with E-state index >= 15 is 0 Å². The lowest BCUT2D eigenvalue weighted by atomic mass is 10.1. The van der Waals surface area contributed by atoms with Gasteiger partial charge in [0, 0.05) is 19.8 Å². The molecule has 2 rings (SSSR count). The molecule has 0 aliphatic heterocycles. The maximum atomic E-state index is 13.4. The molecule has 19 heavy (non-hydrogen) atoms. The summed E-state index contributed by atoms with van der Waals surface area (Å²) in [4.78, 5) is 0. The van der Waals surface area contributed by atoms with Crippen molar-refractivity contribution < 1.29 is 4.39 Å². The summed E-state index contributed by atoms with van der Waals surface area (Å²) in [5, 5.41) is 12.1. The second-order valence-corrected chi connectivity index (χ2v) is 4.47. The quantitative estimate of drug-likeness (QED) is 0.835. The first-order chi connectivity index (χ1) is 9.20. The summed E-state index contributed by atoms with van der Waals surface area (Å²) >= 11 is 0. The number of nitrogens with zero attached hydrogens (tertiary/aromatic N) is 2. The van der Waals surface area contributed by atoms with E-state index in [-0.39, 0.29) is 5.82 Å². The van der Waals surface area contributed by atoms with Crippen LogP contribution in [0.5, 0.6) is 0 Å². The molecule has 98 valence electrons. The standard InChI is InChI=1S/C15H16FN3/c1-19-11-12(8-14(19)9-17)10-18-7-6-13-4-2-3-5-15(13)16/h2-5,8,11,18H,6-7,10H2,1H3. The van der Waals surface area contributed by atoms with E-state index in [4.69, 9.17) is 5.26 Å². The van der Waals surface area contributed by atoms with Gasteiger partial charge in [-0.2, -0.15) is 5.26 Å². The minimum absolute atomic E-state index is 0.157. The van der Waals surface area contributed by atoms with E-state index in [1.807, 2.05) is 25.4 Å². The highest BCUT2D eigenvalue weighted by Gasteiger charge is 2.03. The highest BCUT2D eigenvalue weighted by molar-refractivity contribution is 5.28. The molecule has 0 unspecified atom stereocenters. The third kappa shape index (κ3) is 3.43. The van der Waals surface area contributed by atoms with Crippen LogP contribution in [0.1, 0.15) is 16.8 Å². The van der Waals surface area contributed by atoms with E-state index < -0.39 is 0 Å². The van der Waals surface area contributed by atoms with E-state index in [0.717, 1.165) is 11.1 Å². The van der Waals surface area contributed by atoms with Crippen LogP contribution in [0.2, 0.25) is 0 Å². The van der Waals surface area contributed by atoms with Crippen LogP contribution < -0.4 is 5.32 Å². The van der Waals surface area contributed by atoms with Gasteiger partial charge in [0.1, 0.15) is 17.6 Å². The van der Waals surface area contributed by atoms with Crippen molar-refractivity contribution in [2.24, 2.45) is 7.05 Å². The number of halogens is 1. The van der Waals surface area contributed by atoms with Crippen LogP contribution in [-0.2, 0) is 20.0 Å². The lowest BCUT2D eigenvalue weighted by Gasteiger charge is -2.04. The van der Waals surface area contributed by atoms with Crippen LogP contribution in [0.3, 0.4) is 0 Å². The molecule has 0 amide bonds. The van der Waals surface area contributed by atoms with Crippen LogP contribution >= 0.6 is 0 Å². The molecule has 0 fully saturated rings. The molecule has 0 bridgehead atoms. The zero-order valence-corrected chi connectivity index (χ0v) is 10.9. The molecule has 0 saturated heterocycles. The van der Waals surface area contributed by atoms with Gasteiger partial charge in [-0.05, 0) is 36.2 Å². The number of nitriles is 1. The molecular formula is C15H16FN3. The molecular weight excluding hydrogens is 241 g/mol. The Bertz CT molecular complexity index is 596. The van der Waals surface area contributed by atoms with E-state index in [1.54, 1.807) is 16.7 Å². The van der Waals surface area contributed by atoms with Gasteiger partial charge in [-0.25, -0.2) is 4.39 Å². The van der Waals surface area contributed by atoms with Gasteiger partial charge < -0.3 is 9.88 Å². The van der Waals surface area contributed by atoms with Crippen molar-refractivity contribution in [2.75, 3.05) is 6.54 Å². The SMILES string of the molecule is Cn1cc(CNCCc2ccccc2F)cc1C#N. The first-order valence-corrected chi connectivity index (χ1v) is 6.20. The maximum absolute atomic E-state index is 13.4. The summed E-state index contributed by atoms with van der Waals surface area (Å²) < 4.78 is 15.2. The predicted molar refractivity (Wildman–Crippen MR) is 71.9 cm³/mol. The van der Waals surface area contributed by atoms with Crippen molar-refractivity contribution in [3.63, 3.8) is 0 Å². The maximum Gasteiger partial charge on any atom is 0.126 e. The van der Waals surface area contributed by atoms with Crippen LogP contribution in [0.25, 0.3) is 0 Å². The number of benzene rings is 1. The Morgan fingerprint density at radius 1 is 1.37 bits per heavy atom. The zero-order chi connectivity index (χ0) is 13.7. The molecule has 4 heteroatoms. The van der Waals surface area contributed by atoms with Gasteiger partial charge in [-0.3, -0.25) is 0 Å². The van der Waals surface area contributed by atoms with Gasteiger partial charge in [-0.15, -0.1) is 0 Å². The fourth-order valence-electron chi connectivity index (χ4n) is 2.00. The lowest BCUT2D eigenvalue weighted by molar-refractivity contribution is 0.598. The average molecular weight is 257 g/mol. The highest BCUT2D eigenvalue weighted by Crippen LogP contribution is 2.07. The van der Waals surface area contributed by atoms with Crippen molar-refractivity contribution in [3.8, 4) is 6.07 Å². The van der Waals surface area contributed by atoms with Crippen LogP contribution in [-0.4, -0.2) is 11.1 Å². The summed E-state index contributed by atoms with van der Waals surface area (Å²) in [6.07, 6.45) is 2.58. The Morgan fingerprint density at radius 2 is 2.16 bits per heavy atom. The number of aryl methyl sites for hydroxylation is 1. The van der Waals surface area contributed by atoms with E-state index in [2.05, 4.69) is 11.4 Å². The molecule has 0 saturated carbocycles. The lowest BCUT2D eigenvalue weighted by Crippen LogP contribution is -2.16. The molecule has 0 radical (unpaired) electrons. The molecule has 1 aromatic carbocycles. The topological polar surface area (TPSA) is 40.8 Å². The molecule has 0 spiro atoms. The van der Waals surface area contributed by atoms with Gasteiger partial charge in [0.2, 0.25) is 0 Å². The van der Waals surface area contributed by atoms with E-state index in [9.17, 15) is 4.39 Å². The van der Waals surface area contributed by atoms with Crippen molar-refractivity contribution in [2.45, 2.75) is 13.0 Å². The Labute approximate surface area is 112 Å². The third-order valence-corrected chi connectivity index (χ3v) is 3.03. The fraction of sp³-hybridized carbons (Fsp3) is 0.267. The molecule has 3 nitrogen and oxygen atoms in total. The first kappa shape index (κ1) is 13.3. The van der Waals surface area contributed by atoms with Gasteiger partial charge in [-0.1, -0.05) is 18.2 Å². The summed E-state index contributed by atoms with van der Waals surface area (Å²) in [7, 11) is 1.85. The normalized spacial score (nSPS) is 10.4. The molecule has 1 heterocycles. The molecule has 0 aliphatic carbocycles. The Balaban J connectivity index is 1.81. The number of hydrogen-bond donors (Lipinski definition) is 1. The fourth-order valence-corrected chi connectivity index (χ4v) is 2.00. The number of nitrogens with one attached hydrogen (secondary N) is 1. The van der Waals surface area contributed by atoms with Crippen LogP contribution in [0, 0.1) is 17.1 Å². The van der Waals surface area contributed by atoms with Crippen LogP contribution in [0.15, 0.2) is 36.5 Å². The highest BCUT2D eigenvalue weighted by atomic mass is 19.1. The molecule has 1 N–H and O–H groups in total. The zero-order valence-electron chi connectivity index (χ0n) is 10.9.